The van der Waals surface area contributed by atoms with Crippen LogP contribution in [0.3, 0.4) is 0 Å². The number of urea groups is 1. The molecule has 0 unspecified atom stereocenters. The third-order valence-corrected chi connectivity index (χ3v) is 4.63. The highest BCUT2D eigenvalue weighted by molar-refractivity contribution is 5.74. The summed E-state index contributed by atoms with van der Waals surface area (Å²) in [4.78, 5) is 16.2. The van der Waals surface area contributed by atoms with Crippen molar-refractivity contribution in [1.29, 1.82) is 0 Å². The number of anilines is 1. The van der Waals surface area contributed by atoms with Crippen molar-refractivity contribution in [3.8, 4) is 5.75 Å². The normalized spacial score (nSPS) is 22.7. The Morgan fingerprint density at radius 3 is 2.96 bits per heavy atom. The second kappa shape index (κ2) is 7.75. The standard InChI is InChI=1S/C18H27N3O3/c1-3-21-13-15(24-17-9-5-4-8-16(17)21)12-20(2)18(22)19-11-14-7-6-10-23-14/h4-5,8-9,14-15H,3,6-7,10-13H2,1-2H3,(H,19,22)/t14-,15+/m1/s1. The van der Waals surface area contributed by atoms with Gasteiger partial charge in [-0.1, -0.05) is 12.1 Å². The Kier molecular flexibility index (Phi) is 5.45. The first kappa shape index (κ1) is 16.9. The van der Waals surface area contributed by atoms with Gasteiger partial charge in [0.25, 0.3) is 0 Å². The fourth-order valence-electron chi connectivity index (χ4n) is 3.30. The molecule has 1 saturated heterocycles. The number of rotatable bonds is 5. The number of benzene rings is 1. The summed E-state index contributed by atoms with van der Waals surface area (Å²) in [5.41, 5.74) is 1.13. The van der Waals surface area contributed by atoms with Crippen LogP contribution in [0, 0.1) is 0 Å². The number of hydrogen-bond donors (Lipinski definition) is 1. The summed E-state index contributed by atoms with van der Waals surface area (Å²) in [6.45, 7) is 5.79. The van der Waals surface area contributed by atoms with Gasteiger partial charge in [0.2, 0.25) is 0 Å². The third-order valence-electron chi connectivity index (χ3n) is 4.63. The van der Waals surface area contributed by atoms with Gasteiger partial charge in [-0.2, -0.15) is 0 Å². The zero-order chi connectivity index (χ0) is 16.9. The highest BCUT2D eigenvalue weighted by Gasteiger charge is 2.27. The van der Waals surface area contributed by atoms with Crippen LogP contribution in [-0.4, -0.2) is 63.0 Å². The lowest BCUT2D eigenvalue weighted by molar-refractivity contribution is 0.107. The smallest absolute Gasteiger partial charge is 0.317 e. The predicted molar refractivity (Wildman–Crippen MR) is 93.7 cm³/mol. The number of amides is 2. The monoisotopic (exact) mass is 333 g/mol. The molecule has 2 aliphatic rings. The van der Waals surface area contributed by atoms with Crippen molar-refractivity contribution in [2.24, 2.45) is 0 Å². The highest BCUT2D eigenvalue weighted by Crippen LogP contribution is 2.32. The van der Waals surface area contributed by atoms with Crippen molar-refractivity contribution in [2.75, 3.05) is 44.7 Å². The van der Waals surface area contributed by atoms with Gasteiger partial charge in [0.15, 0.2) is 0 Å². The molecule has 0 aliphatic carbocycles. The van der Waals surface area contributed by atoms with Gasteiger partial charge in [-0.3, -0.25) is 0 Å². The van der Waals surface area contributed by atoms with E-state index in [1.165, 1.54) is 0 Å². The zero-order valence-corrected chi connectivity index (χ0v) is 14.5. The summed E-state index contributed by atoms with van der Waals surface area (Å²) in [5.74, 6) is 0.892. The molecule has 1 aromatic carbocycles. The van der Waals surface area contributed by atoms with E-state index in [-0.39, 0.29) is 18.2 Å². The number of ether oxygens (including phenoxy) is 2. The second-order valence-corrected chi connectivity index (χ2v) is 6.45. The Hall–Kier alpha value is -1.95. The number of carbonyl (C=O) groups is 1. The van der Waals surface area contributed by atoms with Crippen molar-refractivity contribution in [3.05, 3.63) is 24.3 Å². The number of nitrogens with zero attached hydrogens (tertiary/aromatic N) is 2. The van der Waals surface area contributed by atoms with Crippen molar-refractivity contribution in [1.82, 2.24) is 10.2 Å². The molecule has 6 heteroatoms. The van der Waals surface area contributed by atoms with E-state index < -0.39 is 0 Å². The number of carbonyl (C=O) groups excluding carboxylic acids is 1. The Morgan fingerprint density at radius 2 is 2.21 bits per heavy atom. The van der Waals surface area contributed by atoms with Crippen LogP contribution in [0.15, 0.2) is 24.3 Å². The molecule has 0 bridgehead atoms. The molecule has 0 spiro atoms. The van der Waals surface area contributed by atoms with Crippen molar-refractivity contribution in [3.63, 3.8) is 0 Å². The average molecular weight is 333 g/mol. The molecule has 2 aliphatic heterocycles. The SMILES string of the molecule is CCN1C[C@H](CN(C)C(=O)NC[C@H]2CCCO2)Oc2ccccc21. The van der Waals surface area contributed by atoms with Gasteiger partial charge >= 0.3 is 6.03 Å². The molecule has 2 heterocycles. The van der Waals surface area contributed by atoms with Crippen LogP contribution in [0.2, 0.25) is 0 Å². The molecule has 0 aromatic heterocycles. The minimum atomic E-state index is -0.0731. The first-order chi connectivity index (χ1) is 11.7. The number of nitrogens with one attached hydrogen (secondary N) is 1. The van der Waals surface area contributed by atoms with E-state index in [1.807, 2.05) is 25.2 Å². The maximum absolute atomic E-state index is 12.3. The lowest BCUT2D eigenvalue weighted by Crippen LogP contribution is -2.49. The van der Waals surface area contributed by atoms with Crippen molar-refractivity contribution >= 4 is 11.7 Å². The minimum Gasteiger partial charge on any atom is -0.485 e. The molecule has 1 aromatic rings. The van der Waals surface area contributed by atoms with Gasteiger partial charge in [-0.15, -0.1) is 0 Å². The van der Waals surface area contributed by atoms with E-state index in [0.717, 1.165) is 44.0 Å². The molecule has 2 atom stereocenters. The fraction of sp³-hybridized carbons (Fsp3) is 0.611. The fourth-order valence-corrected chi connectivity index (χ4v) is 3.30. The highest BCUT2D eigenvalue weighted by atomic mass is 16.5. The van der Waals surface area contributed by atoms with Gasteiger partial charge in [0.05, 0.1) is 24.9 Å². The summed E-state index contributed by atoms with van der Waals surface area (Å²) >= 11 is 0. The second-order valence-electron chi connectivity index (χ2n) is 6.45. The van der Waals surface area contributed by atoms with Crippen LogP contribution in [0.25, 0.3) is 0 Å². The van der Waals surface area contributed by atoms with Crippen LogP contribution in [0.1, 0.15) is 19.8 Å². The Morgan fingerprint density at radius 1 is 1.38 bits per heavy atom. The molecule has 1 N–H and O–H groups in total. The van der Waals surface area contributed by atoms with Gasteiger partial charge in [0, 0.05) is 26.7 Å². The number of fused-ring (bicyclic) bond motifs is 1. The van der Waals surface area contributed by atoms with Crippen LogP contribution in [0.4, 0.5) is 10.5 Å². The molecule has 3 rings (SSSR count). The number of para-hydroxylation sites is 2. The zero-order valence-electron chi connectivity index (χ0n) is 14.5. The Balaban J connectivity index is 1.52. The van der Waals surface area contributed by atoms with Crippen LogP contribution in [0.5, 0.6) is 5.75 Å². The quantitative estimate of drug-likeness (QED) is 0.896. The molecule has 132 valence electrons. The van der Waals surface area contributed by atoms with E-state index in [4.69, 9.17) is 9.47 Å². The van der Waals surface area contributed by atoms with E-state index >= 15 is 0 Å². The lowest BCUT2D eigenvalue weighted by Gasteiger charge is -2.37. The summed E-state index contributed by atoms with van der Waals surface area (Å²) in [6.07, 6.45) is 2.24. The summed E-state index contributed by atoms with van der Waals surface area (Å²) < 4.78 is 11.6. The van der Waals surface area contributed by atoms with E-state index in [2.05, 4.69) is 23.2 Å². The van der Waals surface area contributed by atoms with Gasteiger partial charge in [0.1, 0.15) is 11.9 Å². The van der Waals surface area contributed by atoms with Crippen LogP contribution < -0.4 is 15.0 Å². The first-order valence-corrected chi connectivity index (χ1v) is 8.78. The Labute approximate surface area is 143 Å². The molecule has 2 amide bonds. The average Bonchev–Trinajstić information content (AvgIpc) is 3.12. The maximum Gasteiger partial charge on any atom is 0.317 e. The van der Waals surface area contributed by atoms with E-state index in [9.17, 15) is 4.79 Å². The molecule has 24 heavy (non-hydrogen) atoms. The number of likely N-dealkylation sites (N-methyl/N-ethyl adjacent to an activating group) is 2. The Bertz CT molecular complexity index is 560. The van der Waals surface area contributed by atoms with Crippen molar-refractivity contribution < 1.29 is 14.3 Å². The van der Waals surface area contributed by atoms with Gasteiger partial charge < -0.3 is 24.6 Å². The van der Waals surface area contributed by atoms with Crippen LogP contribution >= 0.6 is 0 Å². The lowest BCUT2D eigenvalue weighted by atomic mass is 10.2. The predicted octanol–water partition coefficient (Wildman–Crippen LogP) is 2.09. The number of hydrogen-bond acceptors (Lipinski definition) is 4. The summed E-state index contributed by atoms with van der Waals surface area (Å²) in [5, 5.41) is 2.95. The maximum atomic E-state index is 12.3. The molecular weight excluding hydrogens is 306 g/mol. The van der Waals surface area contributed by atoms with Crippen LogP contribution in [-0.2, 0) is 4.74 Å². The van der Waals surface area contributed by atoms with Gasteiger partial charge in [-0.05, 0) is 31.9 Å². The minimum absolute atomic E-state index is 0.0293. The molecule has 0 saturated carbocycles. The molecule has 6 nitrogen and oxygen atoms in total. The summed E-state index contributed by atoms with van der Waals surface area (Å²) in [6, 6.07) is 7.99. The molecule has 0 radical (unpaired) electrons. The topological polar surface area (TPSA) is 54.0 Å². The first-order valence-electron chi connectivity index (χ1n) is 8.78. The van der Waals surface area contributed by atoms with Gasteiger partial charge in [-0.25, -0.2) is 4.79 Å². The third kappa shape index (κ3) is 3.93. The molecule has 1 fully saturated rings. The largest absolute Gasteiger partial charge is 0.485 e. The van der Waals surface area contributed by atoms with Crippen molar-refractivity contribution in [2.45, 2.75) is 32.0 Å². The van der Waals surface area contributed by atoms with E-state index in [0.29, 0.717) is 13.1 Å². The molecular formula is C18H27N3O3. The summed E-state index contributed by atoms with van der Waals surface area (Å²) in [7, 11) is 1.81. The van der Waals surface area contributed by atoms with E-state index in [1.54, 1.807) is 4.90 Å².